The minimum absolute atomic E-state index is 0.0937. The van der Waals surface area contributed by atoms with E-state index in [0.29, 0.717) is 0 Å². The average Bonchev–Trinajstić information content (AvgIpc) is 3.11. The van der Waals surface area contributed by atoms with Crippen molar-refractivity contribution in [2.75, 3.05) is 0 Å². The molecule has 2 aliphatic rings. The molecule has 0 radical (unpaired) electrons. The SMILES string of the molecule is Cc1cc(C)cc(-c2cc(-c3c4c(cc5c3C(C)(C)CC5(C)C)C(C)(C)CC4(C)C)c3ccccc3n2)c1. The standard InChI is InChI=1S/C37H43N/c1-22-15-23(2)17-24(16-22)30-18-26(25-13-11-12-14-29(25)38-30)31-32-27(34(3,4)20-36(32,7)8)19-28-33(31)37(9,10)21-35(28,5)6/h11-19H,20-21H2,1-10H3. The fourth-order valence-electron chi connectivity index (χ4n) is 8.66. The Kier molecular flexibility index (Phi) is 5.21. The molecule has 0 amide bonds. The van der Waals surface area contributed by atoms with Gasteiger partial charge >= 0.3 is 0 Å². The molecule has 1 heterocycles. The Bertz CT molecular complexity index is 1550. The highest BCUT2D eigenvalue weighted by Crippen LogP contribution is 2.61. The third kappa shape index (κ3) is 3.69. The van der Waals surface area contributed by atoms with Crippen LogP contribution in [-0.2, 0) is 21.7 Å². The minimum Gasteiger partial charge on any atom is -0.248 e. The number of pyridine rings is 1. The lowest BCUT2D eigenvalue weighted by Crippen LogP contribution is -2.20. The zero-order valence-electron chi connectivity index (χ0n) is 25.1. The smallest absolute Gasteiger partial charge is 0.0716 e. The minimum atomic E-state index is 0.0937. The van der Waals surface area contributed by atoms with E-state index in [0.717, 1.165) is 11.2 Å². The van der Waals surface area contributed by atoms with Crippen LogP contribution in [0.4, 0.5) is 0 Å². The maximum absolute atomic E-state index is 5.23. The summed E-state index contributed by atoms with van der Waals surface area (Å²) in [6.07, 6.45) is 2.33. The third-order valence-electron chi connectivity index (χ3n) is 9.41. The quantitative estimate of drug-likeness (QED) is 0.266. The second-order valence-corrected chi connectivity index (χ2v) is 14.9. The van der Waals surface area contributed by atoms with Crippen molar-refractivity contribution in [3.05, 3.63) is 88.0 Å². The average molecular weight is 502 g/mol. The molecular weight excluding hydrogens is 458 g/mol. The van der Waals surface area contributed by atoms with Gasteiger partial charge < -0.3 is 0 Å². The summed E-state index contributed by atoms with van der Waals surface area (Å²) < 4.78 is 0. The molecule has 0 unspecified atom stereocenters. The van der Waals surface area contributed by atoms with Crippen LogP contribution < -0.4 is 0 Å². The van der Waals surface area contributed by atoms with Gasteiger partial charge in [-0.1, -0.05) is 96.8 Å². The van der Waals surface area contributed by atoms with Gasteiger partial charge in [0.2, 0.25) is 0 Å². The third-order valence-corrected chi connectivity index (χ3v) is 9.41. The zero-order valence-corrected chi connectivity index (χ0v) is 25.1. The van der Waals surface area contributed by atoms with E-state index in [1.807, 2.05) is 0 Å². The Hall–Kier alpha value is -2.93. The lowest BCUT2D eigenvalue weighted by atomic mass is 9.74. The Labute approximate surface area is 229 Å². The molecule has 3 aromatic carbocycles. The Morgan fingerprint density at radius 2 is 1.13 bits per heavy atom. The van der Waals surface area contributed by atoms with Crippen molar-refractivity contribution in [2.24, 2.45) is 0 Å². The predicted octanol–water partition coefficient (Wildman–Crippen LogP) is 10.1. The summed E-state index contributed by atoms with van der Waals surface area (Å²) in [5.74, 6) is 0. The van der Waals surface area contributed by atoms with Gasteiger partial charge in [0, 0.05) is 10.9 Å². The van der Waals surface area contributed by atoms with E-state index in [2.05, 4.69) is 124 Å². The van der Waals surface area contributed by atoms with E-state index >= 15 is 0 Å². The van der Waals surface area contributed by atoms with Gasteiger partial charge in [0.15, 0.2) is 0 Å². The first-order valence-electron chi connectivity index (χ1n) is 14.3. The highest BCUT2D eigenvalue weighted by atomic mass is 14.7. The predicted molar refractivity (Wildman–Crippen MR) is 163 cm³/mol. The summed E-state index contributed by atoms with van der Waals surface area (Å²) in [5, 5.41) is 1.26. The first-order chi connectivity index (χ1) is 17.6. The molecule has 196 valence electrons. The van der Waals surface area contributed by atoms with Crippen LogP contribution in [0.15, 0.2) is 54.6 Å². The largest absolute Gasteiger partial charge is 0.248 e. The number of fused-ring (bicyclic) bond motifs is 3. The Morgan fingerprint density at radius 3 is 1.68 bits per heavy atom. The van der Waals surface area contributed by atoms with Crippen molar-refractivity contribution in [1.29, 1.82) is 0 Å². The molecule has 1 aromatic heterocycles. The number of benzene rings is 3. The van der Waals surface area contributed by atoms with E-state index < -0.39 is 0 Å². The van der Waals surface area contributed by atoms with Gasteiger partial charge in [0.1, 0.15) is 0 Å². The van der Waals surface area contributed by atoms with Crippen LogP contribution >= 0.6 is 0 Å². The van der Waals surface area contributed by atoms with E-state index in [9.17, 15) is 0 Å². The number of hydrogen-bond acceptors (Lipinski definition) is 1. The first-order valence-corrected chi connectivity index (χ1v) is 14.3. The molecule has 0 N–H and O–H groups in total. The van der Waals surface area contributed by atoms with Crippen LogP contribution in [0.5, 0.6) is 0 Å². The van der Waals surface area contributed by atoms with Crippen molar-refractivity contribution in [3.63, 3.8) is 0 Å². The lowest BCUT2D eigenvalue weighted by molar-refractivity contribution is 0.396. The van der Waals surface area contributed by atoms with Crippen LogP contribution in [0.25, 0.3) is 33.3 Å². The van der Waals surface area contributed by atoms with Gasteiger partial charge in [0.25, 0.3) is 0 Å². The maximum Gasteiger partial charge on any atom is 0.0716 e. The zero-order chi connectivity index (χ0) is 27.4. The summed E-state index contributed by atoms with van der Waals surface area (Å²) in [6.45, 7) is 24.1. The maximum atomic E-state index is 5.23. The van der Waals surface area contributed by atoms with Crippen molar-refractivity contribution in [1.82, 2.24) is 4.98 Å². The molecule has 0 aliphatic heterocycles. The van der Waals surface area contributed by atoms with Crippen LogP contribution in [0, 0.1) is 13.8 Å². The Balaban J connectivity index is 1.81. The summed E-state index contributed by atoms with van der Waals surface area (Å²) in [7, 11) is 0. The lowest BCUT2D eigenvalue weighted by Gasteiger charge is -2.30. The van der Waals surface area contributed by atoms with E-state index in [1.54, 1.807) is 22.3 Å². The van der Waals surface area contributed by atoms with Crippen molar-refractivity contribution in [3.8, 4) is 22.4 Å². The summed E-state index contributed by atoms with van der Waals surface area (Å²) in [5.41, 5.74) is 15.5. The van der Waals surface area contributed by atoms with Crippen LogP contribution in [0.3, 0.4) is 0 Å². The molecule has 38 heavy (non-hydrogen) atoms. The molecule has 2 aliphatic carbocycles. The molecule has 4 aromatic rings. The van der Waals surface area contributed by atoms with Crippen LogP contribution in [-0.4, -0.2) is 4.98 Å². The monoisotopic (exact) mass is 501 g/mol. The summed E-state index contributed by atoms with van der Waals surface area (Å²) in [6, 6.07) is 20.6. The molecule has 1 heteroatoms. The van der Waals surface area contributed by atoms with Crippen molar-refractivity contribution < 1.29 is 0 Å². The topological polar surface area (TPSA) is 12.9 Å². The van der Waals surface area contributed by atoms with E-state index in [-0.39, 0.29) is 21.7 Å². The van der Waals surface area contributed by atoms with Gasteiger partial charge in [-0.25, -0.2) is 4.98 Å². The van der Waals surface area contributed by atoms with Crippen LogP contribution in [0.2, 0.25) is 0 Å². The molecule has 6 rings (SSSR count). The molecule has 1 nitrogen and oxygen atoms in total. The van der Waals surface area contributed by atoms with Gasteiger partial charge in [0.05, 0.1) is 11.2 Å². The number of para-hydroxylation sites is 1. The molecule has 0 saturated heterocycles. The molecule has 0 fully saturated rings. The van der Waals surface area contributed by atoms with E-state index in [4.69, 9.17) is 4.98 Å². The van der Waals surface area contributed by atoms with Crippen molar-refractivity contribution >= 4 is 10.9 Å². The van der Waals surface area contributed by atoms with Gasteiger partial charge in [-0.05, 0) is 106 Å². The fourth-order valence-corrected chi connectivity index (χ4v) is 8.66. The molecular formula is C37H43N. The molecule has 0 saturated carbocycles. The number of aryl methyl sites for hydroxylation is 2. The highest BCUT2D eigenvalue weighted by molar-refractivity contribution is 6.00. The summed E-state index contributed by atoms with van der Waals surface area (Å²) >= 11 is 0. The number of nitrogens with zero attached hydrogens (tertiary/aromatic N) is 1. The fraction of sp³-hybridized carbons (Fsp3) is 0.432. The molecule has 0 spiro atoms. The second kappa shape index (κ2) is 7.81. The van der Waals surface area contributed by atoms with Crippen LogP contribution in [0.1, 0.15) is 102 Å². The van der Waals surface area contributed by atoms with Gasteiger partial charge in [-0.2, -0.15) is 0 Å². The second-order valence-electron chi connectivity index (χ2n) is 14.9. The Morgan fingerprint density at radius 1 is 0.605 bits per heavy atom. The number of rotatable bonds is 2. The molecule has 0 bridgehead atoms. The molecule has 0 atom stereocenters. The highest BCUT2D eigenvalue weighted by Gasteiger charge is 2.50. The van der Waals surface area contributed by atoms with E-state index in [1.165, 1.54) is 46.0 Å². The number of hydrogen-bond donors (Lipinski definition) is 0. The first kappa shape index (κ1) is 25.4. The number of aromatic nitrogens is 1. The van der Waals surface area contributed by atoms with Gasteiger partial charge in [-0.3, -0.25) is 0 Å². The van der Waals surface area contributed by atoms with Gasteiger partial charge in [-0.15, -0.1) is 0 Å². The van der Waals surface area contributed by atoms with Crippen molar-refractivity contribution in [2.45, 2.75) is 104 Å². The normalized spacial score (nSPS) is 19.9. The summed E-state index contributed by atoms with van der Waals surface area (Å²) in [4.78, 5) is 5.23.